The van der Waals surface area contributed by atoms with Crippen LogP contribution in [0.15, 0.2) is 96.4 Å². The Hall–Kier alpha value is -4.63. The molecule has 0 spiro atoms. The number of hydrogen-bond donors (Lipinski definition) is 1. The van der Waals surface area contributed by atoms with Crippen LogP contribution in [0.25, 0.3) is 11.0 Å². The van der Waals surface area contributed by atoms with Crippen molar-refractivity contribution in [2.45, 2.75) is 19.1 Å². The van der Waals surface area contributed by atoms with E-state index in [-0.39, 0.29) is 18.8 Å². The molecular weight excluding hydrogens is 488 g/mol. The van der Waals surface area contributed by atoms with Crippen molar-refractivity contribution in [1.29, 1.82) is 0 Å². The summed E-state index contributed by atoms with van der Waals surface area (Å²) in [4.78, 5) is 39.4. The summed E-state index contributed by atoms with van der Waals surface area (Å²) in [6.45, 7) is 0.0900. The average molecular weight is 511 g/mol. The Morgan fingerprint density at radius 1 is 0.892 bits per heavy atom. The van der Waals surface area contributed by atoms with E-state index < -0.39 is 17.9 Å². The number of para-hydroxylation sites is 1. The second-order valence-corrected chi connectivity index (χ2v) is 9.15. The maximum Gasteiger partial charge on any atom is 0.308 e. The molecule has 0 bridgehead atoms. The van der Waals surface area contributed by atoms with Crippen LogP contribution >= 0.6 is 11.3 Å². The highest BCUT2D eigenvalue weighted by molar-refractivity contribution is 7.14. The van der Waals surface area contributed by atoms with Crippen LogP contribution in [0.5, 0.6) is 0 Å². The van der Waals surface area contributed by atoms with Gasteiger partial charge in [-0.2, -0.15) is 0 Å². The lowest BCUT2D eigenvalue weighted by Gasteiger charge is -2.17. The molecule has 0 aliphatic carbocycles. The highest BCUT2D eigenvalue weighted by Crippen LogP contribution is 2.28. The van der Waals surface area contributed by atoms with E-state index in [2.05, 4.69) is 15.6 Å². The minimum atomic E-state index is -1.04. The van der Waals surface area contributed by atoms with Crippen molar-refractivity contribution in [3.8, 4) is 0 Å². The molecule has 0 saturated carbocycles. The number of nitrogens with zero attached hydrogens (tertiary/aromatic N) is 3. The first-order chi connectivity index (χ1) is 18.1. The Kier molecular flexibility index (Phi) is 7.14. The third kappa shape index (κ3) is 5.46. The van der Waals surface area contributed by atoms with Gasteiger partial charge in [-0.1, -0.05) is 78.0 Å². The SMILES string of the molecule is O=C(CC(C(=O)Nc1sccc1C(=O)c1ccccc1)n1nnc2ccccc21)OCc1ccccc1. The minimum Gasteiger partial charge on any atom is -0.461 e. The number of ether oxygens (including phenoxy) is 1. The number of benzene rings is 3. The molecule has 2 aromatic heterocycles. The zero-order valence-electron chi connectivity index (χ0n) is 19.6. The lowest BCUT2D eigenvalue weighted by molar-refractivity contribution is -0.147. The van der Waals surface area contributed by atoms with Gasteiger partial charge in [-0.3, -0.25) is 14.4 Å². The van der Waals surface area contributed by atoms with Crippen LogP contribution in [0.3, 0.4) is 0 Å². The van der Waals surface area contributed by atoms with E-state index in [4.69, 9.17) is 4.74 Å². The quantitative estimate of drug-likeness (QED) is 0.220. The van der Waals surface area contributed by atoms with Gasteiger partial charge in [0.15, 0.2) is 5.78 Å². The molecule has 5 rings (SSSR count). The predicted octanol–water partition coefficient (Wildman–Crippen LogP) is 5.04. The normalized spacial score (nSPS) is 11.7. The van der Waals surface area contributed by atoms with E-state index in [0.717, 1.165) is 5.56 Å². The molecule has 1 atom stereocenters. The van der Waals surface area contributed by atoms with E-state index in [1.807, 2.05) is 42.5 Å². The van der Waals surface area contributed by atoms with Crippen molar-refractivity contribution in [2.75, 3.05) is 5.32 Å². The molecular formula is C28H22N4O4S. The molecule has 0 fully saturated rings. The molecule has 0 saturated heterocycles. The maximum atomic E-state index is 13.6. The first-order valence-electron chi connectivity index (χ1n) is 11.6. The van der Waals surface area contributed by atoms with Crippen molar-refractivity contribution in [3.05, 3.63) is 113 Å². The largest absolute Gasteiger partial charge is 0.461 e. The molecule has 5 aromatic rings. The molecule has 3 aromatic carbocycles. The molecule has 0 aliphatic heterocycles. The Balaban J connectivity index is 1.39. The number of rotatable bonds is 9. The Morgan fingerprint density at radius 3 is 2.38 bits per heavy atom. The van der Waals surface area contributed by atoms with Crippen molar-refractivity contribution in [1.82, 2.24) is 15.0 Å². The van der Waals surface area contributed by atoms with E-state index >= 15 is 0 Å². The van der Waals surface area contributed by atoms with Crippen LogP contribution in [0.2, 0.25) is 0 Å². The third-order valence-corrected chi connectivity index (χ3v) is 6.59. The monoisotopic (exact) mass is 510 g/mol. The Morgan fingerprint density at radius 2 is 1.59 bits per heavy atom. The first kappa shape index (κ1) is 24.1. The topological polar surface area (TPSA) is 103 Å². The van der Waals surface area contributed by atoms with E-state index in [0.29, 0.717) is 27.2 Å². The van der Waals surface area contributed by atoms with Crippen molar-refractivity contribution in [3.63, 3.8) is 0 Å². The molecule has 2 heterocycles. The van der Waals surface area contributed by atoms with Gasteiger partial charge >= 0.3 is 5.97 Å². The maximum absolute atomic E-state index is 13.6. The van der Waals surface area contributed by atoms with Gasteiger partial charge in [0.05, 0.1) is 17.5 Å². The summed E-state index contributed by atoms with van der Waals surface area (Å²) in [5, 5.41) is 13.3. The van der Waals surface area contributed by atoms with Gasteiger partial charge in [0.2, 0.25) is 0 Å². The number of ketones is 1. The fourth-order valence-corrected chi connectivity index (χ4v) is 4.67. The minimum absolute atomic E-state index is 0.0900. The number of aromatic nitrogens is 3. The number of esters is 1. The smallest absolute Gasteiger partial charge is 0.308 e. The summed E-state index contributed by atoms with van der Waals surface area (Å²) >= 11 is 1.23. The van der Waals surface area contributed by atoms with Gasteiger partial charge in [0, 0.05) is 5.56 Å². The van der Waals surface area contributed by atoms with Gasteiger partial charge < -0.3 is 10.1 Å². The van der Waals surface area contributed by atoms with Crippen LogP contribution in [0.1, 0.15) is 33.9 Å². The fraction of sp³-hybridized carbons (Fsp3) is 0.107. The summed E-state index contributed by atoms with van der Waals surface area (Å²) in [6, 6.07) is 25.9. The first-order valence-corrected chi connectivity index (χ1v) is 12.5. The second-order valence-electron chi connectivity index (χ2n) is 8.24. The van der Waals surface area contributed by atoms with Gasteiger partial charge in [-0.25, -0.2) is 4.68 Å². The number of carbonyl (C=O) groups excluding carboxylic acids is 3. The van der Waals surface area contributed by atoms with E-state index in [1.165, 1.54) is 16.0 Å². The molecule has 9 heteroatoms. The zero-order chi connectivity index (χ0) is 25.6. The summed E-state index contributed by atoms with van der Waals surface area (Å²) in [7, 11) is 0. The summed E-state index contributed by atoms with van der Waals surface area (Å²) in [6.07, 6.45) is -0.265. The number of nitrogens with one attached hydrogen (secondary N) is 1. The number of carbonyl (C=O) groups is 3. The Labute approximate surface area is 216 Å². The number of hydrogen-bond acceptors (Lipinski definition) is 7. The van der Waals surface area contributed by atoms with Gasteiger partial charge in [0.25, 0.3) is 5.91 Å². The zero-order valence-corrected chi connectivity index (χ0v) is 20.4. The average Bonchev–Trinajstić information content (AvgIpc) is 3.58. The Bertz CT molecular complexity index is 1550. The molecule has 0 radical (unpaired) electrons. The molecule has 8 nitrogen and oxygen atoms in total. The van der Waals surface area contributed by atoms with Crippen molar-refractivity contribution in [2.24, 2.45) is 0 Å². The predicted molar refractivity (Wildman–Crippen MR) is 140 cm³/mol. The third-order valence-electron chi connectivity index (χ3n) is 5.76. The van der Waals surface area contributed by atoms with Gasteiger partial charge in [-0.15, -0.1) is 16.4 Å². The molecule has 37 heavy (non-hydrogen) atoms. The van der Waals surface area contributed by atoms with Gasteiger partial charge in [0.1, 0.15) is 23.2 Å². The highest BCUT2D eigenvalue weighted by atomic mass is 32.1. The van der Waals surface area contributed by atoms with Crippen molar-refractivity contribution >= 4 is 45.0 Å². The number of amides is 1. The fourth-order valence-electron chi connectivity index (χ4n) is 3.89. The highest BCUT2D eigenvalue weighted by Gasteiger charge is 2.29. The van der Waals surface area contributed by atoms with Gasteiger partial charge in [-0.05, 0) is 29.1 Å². The van der Waals surface area contributed by atoms with Crippen LogP contribution in [0.4, 0.5) is 5.00 Å². The lowest BCUT2D eigenvalue weighted by atomic mass is 10.1. The number of thiophene rings is 1. The number of anilines is 1. The van der Waals surface area contributed by atoms with E-state index in [9.17, 15) is 14.4 Å². The van der Waals surface area contributed by atoms with Crippen LogP contribution in [-0.4, -0.2) is 32.7 Å². The summed E-state index contributed by atoms with van der Waals surface area (Å²) in [5.74, 6) is -1.27. The van der Waals surface area contributed by atoms with Crippen LogP contribution in [0, 0.1) is 0 Å². The molecule has 1 unspecified atom stereocenters. The number of fused-ring (bicyclic) bond motifs is 1. The molecule has 184 valence electrons. The standard InChI is InChI=1S/C28H22N4O4S/c33-25(36-18-19-9-3-1-4-10-19)17-24(32-23-14-8-7-13-22(23)30-31-32)27(35)29-28-21(15-16-37-28)26(34)20-11-5-2-6-12-20/h1-16,24H,17-18H2,(H,29,35). The van der Waals surface area contributed by atoms with Crippen molar-refractivity contribution < 1.29 is 19.1 Å². The summed E-state index contributed by atoms with van der Waals surface area (Å²) in [5.41, 5.74) is 2.92. The second kappa shape index (κ2) is 11.0. The molecule has 0 aliphatic rings. The van der Waals surface area contributed by atoms with Crippen LogP contribution < -0.4 is 5.32 Å². The molecule has 1 amide bonds. The summed E-state index contributed by atoms with van der Waals surface area (Å²) < 4.78 is 6.86. The van der Waals surface area contributed by atoms with Crippen LogP contribution in [-0.2, 0) is 20.9 Å². The lowest BCUT2D eigenvalue weighted by Crippen LogP contribution is -2.29. The molecule has 1 N–H and O–H groups in total. The van der Waals surface area contributed by atoms with E-state index in [1.54, 1.807) is 53.9 Å².